The van der Waals surface area contributed by atoms with E-state index in [0.717, 1.165) is 0 Å². The Hall–Kier alpha value is -1.36. The van der Waals surface area contributed by atoms with Crippen molar-refractivity contribution in [2.75, 3.05) is 18.8 Å². The molecule has 0 aromatic heterocycles. The summed E-state index contributed by atoms with van der Waals surface area (Å²) < 4.78 is 12.3. The summed E-state index contributed by atoms with van der Waals surface area (Å²) in [5.41, 5.74) is 6.20. The molecule has 100 valence electrons. The van der Waals surface area contributed by atoms with Crippen LogP contribution in [0.4, 0.5) is 5.69 Å². The van der Waals surface area contributed by atoms with Gasteiger partial charge in [0.2, 0.25) is 5.91 Å². The fourth-order valence-corrected chi connectivity index (χ4v) is 2.83. The number of amides is 1. The molecule has 0 heterocycles. The monoisotopic (exact) mass is 268 g/mol. The van der Waals surface area contributed by atoms with Crippen LogP contribution < -0.4 is 5.73 Å². The van der Waals surface area contributed by atoms with Crippen LogP contribution in [0, 0.1) is 0 Å². The van der Waals surface area contributed by atoms with Crippen molar-refractivity contribution in [1.29, 1.82) is 0 Å². The number of benzene rings is 1. The topological polar surface area (TPSA) is 63.4 Å². The number of carbonyl (C=O) groups excluding carboxylic acids is 1. The molecule has 0 aliphatic carbocycles. The Morgan fingerprint density at radius 1 is 1.28 bits per heavy atom. The van der Waals surface area contributed by atoms with E-state index in [1.54, 1.807) is 36.1 Å². The Bertz CT molecular complexity index is 427. The third-order valence-electron chi connectivity index (χ3n) is 2.86. The average Bonchev–Trinajstić information content (AvgIpc) is 2.39. The maximum absolute atomic E-state index is 12.3. The molecule has 0 saturated heterocycles. The molecule has 4 nitrogen and oxygen atoms in total. The van der Waals surface area contributed by atoms with Gasteiger partial charge in [0.25, 0.3) is 0 Å². The van der Waals surface area contributed by atoms with E-state index < -0.39 is 16.0 Å². The lowest BCUT2D eigenvalue weighted by Gasteiger charge is -2.22. The molecular weight excluding hydrogens is 248 g/mol. The van der Waals surface area contributed by atoms with Gasteiger partial charge in [-0.15, -0.1) is 0 Å². The zero-order valence-electron chi connectivity index (χ0n) is 11.1. The molecule has 0 bridgehead atoms. The first-order valence-corrected chi connectivity index (χ1v) is 7.27. The number of hydrogen-bond acceptors (Lipinski definition) is 3. The van der Waals surface area contributed by atoms with E-state index in [4.69, 9.17) is 5.73 Å². The van der Waals surface area contributed by atoms with Gasteiger partial charge >= 0.3 is 0 Å². The van der Waals surface area contributed by atoms with Crippen LogP contribution in [0.1, 0.15) is 20.8 Å². The first-order chi connectivity index (χ1) is 8.51. The molecule has 2 atom stereocenters. The Morgan fingerprint density at radius 3 is 2.22 bits per heavy atom. The molecule has 1 rings (SSSR count). The highest BCUT2D eigenvalue weighted by atomic mass is 32.2. The van der Waals surface area contributed by atoms with Crippen molar-refractivity contribution in [3.8, 4) is 0 Å². The summed E-state index contributed by atoms with van der Waals surface area (Å²) in [6, 6.07) is 6.80. The second-order valence-corrected chi connectivity index (χ2v) is 5.79. The molecule has 0 aliphatic rings. The minimum atomic E-state index is -1.34. The average molecular weight is 268 g/mol. The fraction of sp³-hybridized carbons (Fsp3) is 0.462. The lowest BCUT2D eigenvalue weighted by molar-refractivity contribution is -0.129. The summed E-state index contributed by atoms with van der Waals surface area (Å²) in [6.07, 6.45) is 0. The van der Waals surface area contributed by atoms with E-state index in [9.17, 15) is 9.00 Å². The lowest BCUT2D eigenvalue weighted by Crippen LogP contribution is -2.39. The van der Waals surface area contributed by atoms with Crippen LogP contribution in [0.25, 0.3) is 0 Å². The number of nitrogens with zero attached hydrogens (tertiary/aromatic N) is 1. The van der Waals surface area contributed by atoms with Gasteiger partial charge in [0.15, 0.2) is 0 Å². The first kappa shape index (κ1) is 14.7. The van der Waals surface area contributed by atoms with E-state index in [1.165, 1.54) is 0 Å². The van der Waals surface area contributed by atoms with Gasteiger partial charge in [-0.25, -0.2) is 0 Å². The van der Waals surface area contributed by atoms with Crippen LogP contribution in [0.2, 0.25) is 0 Å². The molecule has 0 saturated carbocycles. The van der Waals surface area contributed by atoms with Gasteiger partial charge in [0.1, 0.15) is 5.25 Å². The van der Waals surface area contributed by atoms with Crippen molar-refractivity contribution in [2.45, 2.75) is 30.9 Å². The minimum Gasteiger partial charge on any atom is -0.399 e. The molecule has 0 aliphatic heterocycles. The van der Waals surface area contributed by atoms with Crippen molar-refractivity contribution in [3.05, 3.63) is 24.3 Å². The molecule has 2 unspecified atom stereocenters. The lowest BCUT2D eigenvalue weighted by atomic mass is 10.3. The van der Waals surface area contributed by atoms with Gasteiger partial charge in [-0.3, -0.25) is 9.00 Å². The minimum absolute atomic E-state index is 0.0739. The van der Waals surface area contributed by atoms with Gasteiger partial charge in [0.05, 0.1) is 10.8 Å². The van der Waals surface area contributed by atoms with Crippen LogP contribution >= 0.6 is 0 Å². The first-order valence-electron chi connectivity index (χ1n) is 6.06. The van der Waals surface area contributed by atoms with Crippen molar-refractivity contribution in [3.63, 3.8) is 0 Å². The Labute approximate surface area is 111 Å². The Kier molecular flexibility index (Phi) is 5.34. The third kappa shape index (κ3) is 3.32. The Balaban J connectivity index is 2.83. The highest BCUT2D eigenvalue weighted by Gasteiger charge is 2.24. The van der Waals surface area contributed by atoms with E-state index in [1.807, 2.05) is 13.8 Å². The fourth-order valence-electron chi connectivity index (χ4n) is 1.69. The van der Waals surface area contributed by atoms with Gasteiger partial charge in [0, 0.05) is 23.7 Å². The summed E-state index contributed by atoms with van der Waals surface area (Å²) in [6.45, 7) is 6.81. The van der Waals surface area contributed by atoms with E-state index in [0.29, 0.717) is 23.7 Å². The molecular formula is C13H20N2O2S. The van der Waals surface area contributed by atoms with Crippen LogP contribution in [0.3, 0.4) is 0 Å². The van der Waals surface area contributed by atoms with Gasteiger partial charge in [-0.1, -0.05) is 0 Å². The number of nitrogen functional groups attached to an aromatic ring is 1. The van der Waals surface area contributed by atoms with Gasteiger partial charge < -0.3 is 10.6 Å². The number of nitrogens with two attached hydrogens (primary N) is 1. The molecule has 5 heteroatoms. The zero-order chi connectivity index (χ0) is 13.7. The largest absolute Gasteiger partial charge is 0.399 e. The van der Waals surface area contributed by atoms with Crippen molar-refractivity contribution >= 4 is 22.4 Å². The SMILES string of the molecule is CCN(CC)C(=O)C(C)S(=O)c1ccc(N)cc1. The summed E-state index contributed by atoms with van der Waals surface area (Å²) in [7, 11) is -1.34. The van der Waals surface area contributed by atoms with Crippen molar-refractivity contribution in [1.82, 2.24) is 4.90 Å². The van der Waals surface area contributed by atoms with Crippen LogP contribution in [-0.4, -0.2) is 33.4 Å². The molecule has 1 aromatic rings. The van der Waals surface area contributed by atoms with Gasteiger partial charge in [-0.05, 0) is 45.0 Å². The number of carbonyl (C=O) groups is 1. The smallest absolute Gasteiger partial charge is 0.238 e. The van der Waals surface area contributed by atoms with Crippen molar-refractivity contribution < 1.29 is 9.00 Å². The summed E-state index contributed by atoms with van der Waals surface area (Å²) in [4.78, 5) is 14.4. The molecule has 1 amide bonds. The normalized spacial score (nSPS) is 13.9. The number of rotatable bonds is 5. The summed E-state index contributed by atoms with van der Waals surface area (Å²) >= 11 is 0. The molecule has 1 aromatic carbocycles. The Morgan fingerprint density at radius 2 is 1.78 bits per heavy atom. The van der Waals surface area contributed by atoms with Crippen LogP contribution in [0.5, 0.6) is 0 Å². The highest BCUT2D eigenvalue weighted by Crippen LogP contribution is 2.15. The maximum atomic E-state index is 12.3. The van der Waals surface area contributed by atoms with Gasteiger partial charge in [-0.2, -0.15) is 0 Å². The van der Waals surface area contributed by atoms with E-state index in [2.05, 4.69) is 0 Å². The molecule has 0 fully saturated rings. The van der Waals surface area contributed by atoms with Crippen molar-refractivity contribution in [2.24, 2.45) is 0 Å². The van der Waals surface area contributed by atoms with Crippen LogP contribution in [0.15, 0.2) is 29.2 Å². The summed E-state index contributed by atoms with van der Waals surface area (Å²) in [5, 5.41) is -0.534. The second kappa shape index (κ2) is 6.54. The predicted octanol–water partition coefficient (Wildman–Crippen LogP) is 1.63. The van der Waals surface area contributed by atoms with E-state index >= 15 is 0 Å². The summed E-state index contributed by atoms with van der Waals surface area (Å²) in [5.74, 6) is -0.0739. The highest BCUT2D eigenvalue weighted by molar-refractivity contribution is 7.86. The molecule has 2 N–H and O–H groups in total. The second-order valence-electron chi connectivity index (χ2n) is 4.02. The zero-order valence-corrected chi connectivity index (χ0v) is 11.9. The molecule has 0 radical (unpaired) electrons. The van der Waals surface area contributed by atoms with Crippen LogP contribution in [-0.2, 0) is 15.6 Å². The van der Waals surface area contributed by atoms with E-state index in [-0.39, 0.29) is 5.91 Å². The number of hydrogen-bond donors (Lipinski definition) is 1. The number of anilines is 1. The predicted molar refractivity (Wildman–Crippen MR) is 74.7 cm³/mol. The molecule has 0 spiro atoms. The third-order valence-corrected chi connectivity index (χ3v) is 4.44. The molecule has 18 heavy (non-hydrogen) atoms. The standard InChI is InChI=1S/C13H20N2O2S/c1-4-15(5-2)13(16)10(3)18(17)12-8-6-11(14)7-9-12/h6-10H,4-5,14H2,1-3H3. The quantitative estimate of drug-likeness (QED) is 0.826. The maximum Gasteiger partial charge on any atom is 0.238 e.